The predicted molar refractivity (Wildman–Crippen MR) is 86.9 cm³/mol. The van der Waals surface area contributed by atoms with Crippen molar-refractivity contribution in [3.8, 4) is 0 Å². The standard InChI is InChI=1S/C16H27N5O2/c1-14-11-19(13-16(22)20-7-9-23-10-8-20)5-6-21(14)12-15-17-3-4-18(15)2/h3-4,14H,5-13H2,1-2H3. The molecular weight excluding hydrogens is 294 g/mol. The molecule has 23 heavy (non-hydrogen) atoms. The van der Waals surface area contributed by atoms with Crippen molar-refractivity contribution in [3.63, 3.8) is 0 Å². The minimum absolute atomic E-state index is 0.234. The van der Waals surface area contributed by atoms with Gasteiger partial charge in [-0.05, 0) is 6.92 Å². The number of ether oxygens (including phenoxy) is 1. The average molecular weight is 321 g/mol. The Morgan fingerprint density at radius 1 is 1.30 bits per heavy atom. The van der Waals surface area contributed by atoms with Crippen molar-refractivity contribution >= 4 is 5.91 Å². The van der Waals surface area contributed by atoms with E-state index in [0.717, 1.165) is 45.1 Å². The third-order valence-corrected chi connectivity index (χ3v) is 4.84. The SMILES string of the molecule is CC1CN(CC(=O)N2CCOCC2)CCN1Cc1nccn1C. The molecule has 7 heteroatoms. The highest BCUT2D eigenvalue weighted by atomic mass is 16.5. The Morgan fingerprint density at radius 2 is 2.09 bits per heavy atom. The fourth-order valence-corrected chi connectivity index (χ4v) is 3.28. The van der Waals surface area contributed by atoms with Gasteiger partial charge >= 0.3 is 0 Å². The molecule has 3 heterocycles. The van der Waals surface area contributed by atoms with Gasteiger partial charge in [-0.25, -0.2) is 4.98 Å². The molecule has 0 N–H and O–H groups in total. The predicted octanol–water partition coefficient (Wildman–Crippen LogP) is -0.215. The summed E-state index contributed by atoms with van der Waals surface area (Å²) in [6.07, 6.45) is 3.83. The van der Waals surface area contributed by atoms with Crippen LogP contribution in [0.1, 0.15) is 12.7 Å². The topological polar surface area (TPSA) is 53.8 Å². The third-order valence-electron chi connectivity index (χ3n) is 4.84. The molecule has 2 saturated heterocycles. The largest absolute Gasteiger partial charge is 0.378 e. The molecule has 2 aliphatic heterocycles. The summed E-state index contributed by atoms with van der Waals surface area (Å²) in [6, 6.07) is 0.429. The van der Waals surface area contributed by atoms with Crippen molar-refractivity contribution in [2.75, 3.05) is 52.5 Å². The Balaban J connectivity index is 1.48. The van der Waals surface area contributed by atoms with Crippen molar-refractivity contribution in [2.24, 2.45) is 7.05 Å². The number of hydrogen-bond acceptors (Lipinski definition) is 5. The fraction of sp³-hybridized carbons (Fsp3) is 0.750. The van der Waals surface area contributed by atoms with Gasteiger partial charge in [0.1, 0.15) is 5.82 Å². The first-order chi connectivity index (χ1) is 11.1. The van der Waals surface area contributed by atoms with Crippen molar-refractivity contribution in [1.82, 2.24) is 24.3 Å². The van der Waals surface area contributed by atoms with E-state index in [4.69, 9.17) is 4.74 Å². The number of carbonyl (C=O) groups excluding carboxylic acids is 1. The van der Waals surface area contributed by atoms with Crippen molar-refractivity contribution in [1.29, 1.82) is 0 Å². The summed E-state index contributed by atoms with van der Waals surface area (Å²) in [6.45, 7) is 9.26. The lowest BCUT2D eigenvalue weighted by atomic mass is 10.2. The molecule has 2 fully saturated rings. The molecule has 1 aromatic heterocycles. The van der Waals surface area contributed by atoms with Gasteiger partial charge in [0.15, 0.2) is 0 Å². The third kappa shape index (κ3) is 4.10. The van der Waals surface area contributed by atoms with E-state index in [-0.39, 0.29) is 5.91 Å². The van der Waals surface area contributed by atoms with Crippen LogP contribution in [0.4, 0.5) is 0 Å². The van der Waals surface area contributed by atoms with E-state index < -0.39 is 0 Å². The monoisotopic (exact) mass is 321 g/mol. The van der Waals surface area contributed by atoms with Crippen LogP contribution < -0.4 is 0 Å². The zero-order valence-electron chi connectivity index (χ0n) is 14.1. The average Bonchev–Trinajstić information content (AvgIpc) is 2.96. The maximum absolute atomic E-state index is 12.4. The van der Waals surface area contributed by atoms with Gasteiger partial charge in [-0.15, -0.1) is 0 Å². The van der Waals surface area contributed by atoms with Crippen LogP contribution in [-0.4, -0.2) is 88.7 Å². The molecule has 0 bridgehead atoms. The Labute approximate surface area is 137 Å². The van der Waals surface area contributed by atoms with Crippen molar-refractivity contribution in [2.45, 2.75) is 19.5 Å². The number of imidazole rings is 1. The minimum atomic E-state index is 0.234. The molecule has 7 nitrogen and oxygen atoms in total. The molecule has 1 amide bonds. The van der Waals surface area contributed by atoms with Crippen LogP contribution in [-0.2, 0) is 23.1 Å². The van der Waals surface area contributed by atoms with Gasteiger partial charge in [0.25, 0.3) is 0 Å². The first-order valence-corrected chi connectivity index (χ1v) is 8.41. The zero-order valence-corrected chi connectivity index (χ0v) is 14.1. The molecule has 0 radical (unpaired) electrons. The first kappa shape index (κ1) is 16.4. The highest BCUT2D eigenvalue weighted by Crippen LogP contribution is 2.13. The van der Waals surface area contributed by atoms with E-state index in [1.165, 1.54) is 0 Å². The van der Waals surface area contributed by atoms with E-state index in [1.54, 1.807) is 0 Å². The molecule has 0 spiro atoms. The number of rotatable bonds is 4. The van der Waals surface area contributed by atoms with E-state index in [1.807, 2.05) is 24.3 Å². The Morgan fingerprint density at radius 3 is 2.74 bits per heavy atom. The van der Waals surface area contributed by atoms with E-state index in [2.05, 4.69) is 26.3 Å². The maximum Gasteiger partial charge on any atom is 0.236 e. The lowest BCUT2D eigenvalue weighted by Crippen LogP contribution is -2.54. The van der Waals surface area contributed by atoms with Crippen LogP contribution in [0.5, 0.6) is 0 Å². The molecule has 1 atom stereocenters. The van der Waals surface area contributed by atoms with Crippen LogP contribution in [0.3, 0.4) is 0 Å². The quantitative estimate of drug-likeness (QED) is 0.768. The van der Waals surface area contributed by atoms with Crippen molar-refractivity contribution in [3.05, 3.63) is 18.2 Å². The molecule has 0 aromatic carbocycles. The summed E-state index contributed by atoms with van der Waals surface area (Å²) < 4.78 is 7.38. The number of nitrogens with zero attached hydrogens (tertiary/aromatic N) is 5. The van der Waals surface area contributed by atoms with Crippen LogP contribution in [0, 0.1) is 0 Å². The summed E-state index contributed by atoms with van der Waals surface area (Å²) in [4.78, 5) is 23.4. The number of carbonyl (C=O) groups is 1. The molecule has 3 rings (SSSR count). The van der Waals surface area contributed by atoms with Crippen LogP contribution in [0.15, 0.2) is 12.4 Å². The summed E-state index contributed by atoms with van der Waals surface area (Å²) >= 11 is 0. The number of amides is 1. The molecular formula is C16H27N5O2. The smallest absolute Gasteiger partial charge is 0.236 e. The number of morpholine rings is 1. The Kier molecular flexibility index (Phi) is 5.30. The number of piperazine rings is 1. The highest BCUT2D eigenvalue weighted by molar-refractivity contribution is 5.78. The van der Waals surface area contributed by atoms with Gasteiger partial charge in [0.2, 0.25) is 5.91 Å². The lowest BCUT2D eigenvalue weighted by molar-refractivity contribution is -0.137. The number of hydrogen-bond donors (Lipinski definition) is 0. The van der Waals surface area contributed by atoms with Crippen LogP contribution in [0.25, 0.3) is 0 Å². The molecule has 0 saturated carbocycles. The number of aromatic nitrogens is 2. The maximum atomic E-state index is 12.4. The van der Waals surface area contributed by atoms with Gasteiger partial charge in [0.05, 0.1) is 26.3 Å². The Hall–Kier alpha value is -1.44. The van der Waals surface area contributed by atoms with Gasteiger partial charge in [-0.3, -0.25) is 14.6 Å². The van der Waals surface area contributed by atoms with E-state index in [9.17, 15) is 4.79 Å². The van der Waals surface area contributed by atoms with Gasteiger partial charge in [-0.2, -0.15) is 0 Å². The summed E-state index contributed by atoms with van der Waals surface area (Å²) in [5, 5.41) is 0. The second-order valence-electron chi connectivity index (χ2n) is 6.50. The minimum Gasteiger partial charge on any atom is -0.378 e. The van der Waals surface area contributed by atoms with Crippen molar-refractivity contribution < 1.29 is 9.53 Å². The summed E-state index contributed by atoms with van der Waals surface area (Å²) in [7, 11) is 2.03. The van der Waals surface area contributed by atoms with Gasteiger partial charge in [0, 0.05) is 58.2 Å². The molecule has 1 aromatic rings. The summed E-state index contributed by atoms with van der Waals surface area (Å²) in [5.74, 6) is 1.33. The lowest BCUT2D eigenvalue weighted by Gasteiger charge is -2.40. The Bertz CT molecular complexity index is 526. The molecule has 2 aliphatic rings. The second-order valence-corrected chi connectivity index (χ2v) is 6.50. The van der Waals surface area contributed by atoms with E-state index in [0.29, 0.717) is 25.8 Å². The molecule has 128 valence electrons. The van der Waals surface area contributed by atoms with Gasteiger partial charge in [-0.1, -0.05) is 0 Å². The molecule has 1 unspecified atom stereocenters. The van der Waals surface area contributed by atoms with Crippen LogP contribution in [0.2, 0.25) is 0 Å². The normalized spacial score (nSPS) is 24.1. The van der Waals surface area contributed by atoms with E-state index >= 15 is 0 Å². The van der Waals surface area contributed by atoms with Crippen LogP contribution >= 0.6 is 0 Å². The summed E-state index contributed by atoms with van der Waals surface area (Å²) in [5.41, 5.74) is 0. The fourth-order valence-electron chi connectivity index (χ4n) is 3.28. The number of aryl methyl sites for hydroxylation is 1. The highest BCUT2D eigenvalue weighted by Gasteiger charge is 2.27. The first-order valence-electron chi connectivity index (χ1n) is 8.41. The molecule has 0 aliphatic carbocycles. The zero-order chi connectivity index (χ0) is 16.2. The van der Waals surface area contributed by atoms with Gasteiger partial charge < -0.3 is 14.2 Å². The second kappa shape index (κ2) is 7.42.